The highest BCUT2D eigenvalue weighted by atomic mass is 35.5. The average Bonchev–Trinajstić information content (AvgIpc) is 2.07. The van der Waals surface area contributed by atoms with Gasteiger partial charge in [0.15, 0.2) is 0 Å². The quantitative estimate of drug-likeness (QED) is 0.756. The lowest BCUT2D eigenvalue weighted by Crippen LogP contribution is -2.08. The van der Waals surface area contributed by atoms with E-state index < -0.39 is 5.92 Å². The van der Waals surface area contributed by atoms with Crippen LogP contribution in [0.3, 0.4) is 0 Å². The lowest BCUT2D eigenvalue weighted by molar-refractivity contribution is 0.0175. The summed E-state index contributed by atoms with van der Waals surface area (Å²) in [6.45, 7) is 0.761. The molecule has 0 bridgehead atoms. The van der Waals surface area contributed by atoms with E-state index >= 15 is 0 Å². The predicted molar refractivity (Wildman–Crippen MR) is 52.6 cm³/mol. The molecule has 0 heterocycles. The van der Waals surface area contributed by atoms with Crippen molar-refractivity contribution in [2.24, 2.45) is 0 Å². The number of rotatable bonds is 2. The number of benzene rings is 1. The van der Waals surface area contributed by atoms with Crippen LogP contribution in [-0.4, -0.2) is 7.11 Å². The Kier molecular flexibility index (Phi) is 3.22. The van der Waals surface area contributed by atoms with E-state index in [2.05, 4.69) is 0 Å². The van der Waals surface area contributed by atoms with Gasteiger partial charge in [-0.2, -0.15) is 0 Å². The van der Waals surface area contributed by atoms with Crippen molar-refractivity contribution in [2.75, 3.05) is 7.11 Å². The number of alkyl halides is 2. The van der Waals surface area contributed by atoms with Gasteiger partial charge in [0.1, 0.15) is 10.8 Å². The van der Waals surface area contributed by atoms with E-state index in [0.29, 0.717) is 0 Å². The molecule has 78 valence electrons. The Hall–Kier alpha value is -0.540. The molecule has 0 unspecified atom stereocenters. The third-order valence-corrected chi connectivity index (χ3v) is 2.60. The highest BCUT2D eigenvalue weighted by molar-refractivity contribution is 6.43. The van der Waals surface area contributed by atoms with Crippen molar-refractivity contribution in [1.29, 1.82) is 0 Å². The second-order valence-corrected chi connectivity index (χ2v) is 3.59. The Balaban J connectivity index is 3.31. The molecule has 1 aromatic carbocycles. The van der Waals surface area contributed by atoms with Gasteiger partial charge in [-0.1, -0.05) is 23.2 Å². The van der Waals surface area contributed by atoms with Crippen LogP contribution in [0.1, 0.15) is 12.5 Å². The molecular formula is C9H8Cl2F2O. The van der Waals surface area contributed by atoms with Crippen molar-refractivity contribution < 1.29 is 13.5 Å². The predicted octanol–water partition coefficient (Wildman–Crippen LogP) is 4.11. The third kappa shape index (κ3) is 2.10. The van der Waals surface area contributed by atoms with Gasteiger partial charge in [-0.15, -0.1) is 0 Å². The molecular weight excluding hydrogens is 233 g/mol. The summed E-state index contributed by atoms with van der Waals surface area (Å²) < 4.78 is 30.7. The first kappa shape index (κ1) is 11.5. The lowest BCUT2D eigenvalue weighted by Gasteiger charge is -2.14. The van der Waals surface area contributed by atoms with E-state index in [0.717, 1.165) is 6.92 Å². The molecule has 0 aliphatic carbocycles. The number of ether oxygens (including phenoxy) is 1. The van der Waals surface area contributed by atoms with Gasteiger partial charge >= 0.3 is 0 Å². The summed E-state index contributed by atoms with van der Waals surface area (Å²) in [6, 6.07) is 2.56. The number of methoxy groups -OCH3 is 1. The molecule has 0 radical (unpaired) electrons. The minimum atomic E-state index is -3.01. The first-order valence-corrected chi connectivity index (χ1v) is 4.53. The molecule has 1 nitrogen and oxygen atoms in total. The summed E-state index contributed by atoms with van der Waals surface area (Å²) >= 11 is 11.4. The molecule has 0 saturated carbocycles. The Labute approximate surface area is 90.6 Å². The maximum atomic E-state index is 12.9. The molecule has 14 heavy (non-hydrogen) atoms. The van der Waals surface area contributed by atoms with Gasteiger partial charge in [0.05, 0.1) is 12.1 Å². The molecule has 1 rings (SSSR count). The summed E-state index contributed by atoms with van der Waals surface area (Å²) in [5.41, 5.74) is -0.301. The fraction of sp³-hybridized carbons (Fsp3) is 0.333. The van der Waals surface area contributed by atoms with E-state index in [9.17, 15) is 8.78 Å². The van der Waals surface area contributed by atoms with Crippen LogP contribution >= 0.6 is 23.2 Å². The molecule has 1 aromatic rings. The summed E-state index contributed by atoms with van der Waals surface area (Å²) in [5, 5.41) is -0.160. The standard InChI is InChI=1S/C9H8Cl2F2O/c1-9(12,13)5-3-4-6(14-2)8(11)7(5)10/h3-4H,1-2H3. The summed E-state index contributed by atoms with van der Waals surface area (Å²) in [7, 11) is 1.39. The van der Waals surface area contributed by atoms with Crippen molar-refractivity contribution in [1.82, 2.24) is 0 Å². The van der Waals surface area contributed by atoms with Crippen LogP contribution in [0.2, 0.25) is 10.0 Å². The molecule has 0 N–H and O–H groups in total. The molecule has 0 aromatic heterocycles. The van der Waals surface area contributed by atoms with Crippen LogP contribution < -0.4 is 4.74 Å². The summed E-state index contributed by atoms with van der Waals surface area (Å²) in [5.74, 6) is -2.72. The minimum Gasteiger partial charge on any atom is -0.495 e. The van der Waals surface area contributed by atoms with Crippen LogP contribution in [0, 0.1) is 0 Å². The highest BCUT2D eigenvalue weighted by Gasteiger charge is 2.29. The van der Waals surface area contributed by atoms with Crippen molar-refractivity contribution in [2.45, 2.75) is 12.8 Å². The van der Waals surface area contributed by atoms with E-state index in [1.54, 1.807) is 0 Å². The number of hydrogen-bond donors (Lipinski definition) is 0. The van der Waals surface area contributed by atoms with Crippen LogP contribution in [0.25, 0.3) is 0 Å². The van der Waals surface area contributed by atoms with Crippen LogP contribution in [0.5, 0.6) is 5.75 Å². The van der Waals surface area contributed by atoms with Crippen LogP contribution in [-0.2, 0) is 5.92 Å². The Morgan fingerprint density at radius 3 is 2.21 bits per heavy atom. The van der Waals surface area contributed by atoms with Crippen molar-refractivity contribution in [3.63, 3.8) is 0 Å². The first-order valence-electron chi connectivity index (χ1n) is 3.78. The second-order valence-electron chi connectivity index (χ2n) is 2.83. The average molecular weight is 241 g/mol. The maximum Gasteiger partial charge on any atom is 0.272 e. The zero-order chi connectivity index (χ0) is 10.9. The van der Waals surface area contributed by atoms with Crippen molar-refractivity contribution >= 4 is 23.2 Å². The van der Waals surface area contributed by atoms with E-state index in [-0.39, 0.29) is 21.4 Å². The van der Waals surface area contributed by atoms with Crippen LogP contribution in [0.15, 0.2) is 12.1 Å². The smallest absolute Gasteiger partial charge is 0.272 e. The van der Waals surface area contributed by atoms with Crippen LogP contribution in [0.4, 0.5) is 8.78 Å². The van der Waals surface area contributed by atoms with Crippen molar-refractivity contribution in [3.05, 3.63) is 27.7 Å². The fourth-order valence-electron chi connectivity index (χ4n) is 1.03. The zero-order valence-corrected chi connectivity index (χ0v) is 9.09. The Morgan fingerprint density at radius 1 is 1.21 bits per heavy atom. The normalized spacial score (nSPS) is 11.6. The first-order chi connectivity index (χ1) is 6.38. The minimum absolute atomic E-state index is 0.00758. The zero-order valence-electron chi connectivity index (χ0n) is 7.57. The molecule has 0 atom stereocenters. The van der Waals surface area contributed by atoms with Gasteiger partial charge in [-0.25, -0.2) is 8.78 Å². The summed E-state index contributed by atoms with van der Waals surface area (Å²) in [6.07, 6.45) is 0. The molecule has 0 saturated heterocycles. The van der Waals surface area contributed by atoms with Gasteiger partial charge in [0.25, 0.3) is 5.92 Å². The summed E-state index contributed by atoms with van der Waals surface area (Å²) in [4.78, 5) is 0. The lowest BCUT2D eigenvalue weighted by atomic mass is 10.1. The largest absolute Gasteiger partial charge is 0.495 e. The van der Waals surface area contributed by atoms with Gasteiger partial charge in [0, 0.05) is 12.5 Å². The maximum absolute atomic E-state index is 12.9. The van der Waals surface area contributed by atoms with Gasteiger partial charge in [0.2, 0.25) is 0 Å². The Bertz CT molecular complexity index is 347. The molecule has 0 amide bonds. The van der Waals surface area contributed by atoms with Gasteiger partial charge in [-0.3, -0.25) is 0 Å². The van der Waals surface area contributed by atoms with E-state index in [1.807, 2.05) is 0 Å². The topological polar surface area (TPSA) is 9.23 Å². The number of hydrogen-bond acceptors (Lipinski definition) is 1. The third-order valence-electron chi connectivity index (χ3n) is 1.74. The molecule has 0 fully saturated rings. The Morgan fingerprint density at radius 2 is 1.79 bits per heavy atom. The monoisotopic (exact) mass is 240 g/mol. The molecule has 0 aliphatic heterocycles. The molecule has 0 aliphatic rings. The molecule has 0 spiro atoms. The number of halogens is 4. The highest BCUT2D eigenvalue weighted by Crippen LogP contribution is 2.40. The van der Waals surface area contributed by atoms with E-state index in [1.165, 1.54) is 19.2 Å². The SMILES string of the molecule is COc1ccc(C(C)(F)F)c(Cl)c1Cl. The second kappa shape index (κ2) is 3.91. The van der Waals surface area contributed by atoms with Gasteiger partial charge in [-0.05, 0) is 12.1 Å². The fourth-order valence-corrected chi connectivity index (χ4v) is 1.59. The molecule has 5 heteroatoms. The van der Waals surface area contributed by atoms with E-state index in [4.69, 9.17) is 27.9 Å². The van der Waals surface area contributed by atoms with Gasteiger partial charge < -0.3 is 4.74 Å². The van der Waals surface area contributed by atoms with Crippen molar-refractivity contribution in [3.8, 4) is 5.75 Å².